The van der Waals surface area contributed by atoms with Crippen LogP contribution in [0.4, 0.5) is 10.5 Å². The Labute approximate surface area is 126 Å². The van der Waals surface area contributed by atoms with Gasteiger partial charge in [-0.3, -0.25) is 9.59 Å². The lowest BCUT2D eigenvalue weighted by atomic mass is 10.0. The molecule has 7 heteroatoms. The molecule has 0 atom stereocenters. The van der Waals surface area contributed by atoms with Gasteiger partial charge in [-0.15, -0.1) is 11.6 Å². The maximum atomic E-state index is 11.5. The van der Waals surface area contributed by atoms with Gasteiger partial charge in [-0.1, -0.05) is 23.9 Å². The number of alkyl halides is 1. The molecule has 0 unspecified atom stereocenters. The summed E-state index contributed by atoms with van der Waals surface area (Å²) in [7, 11) is 0. The predicted octanol–water partition coefficient (Wildman–Crippen LogP) is 2.80. The molecule has 0 bridgehead atoms. The van der Waals surface area contributed by atoms with Crippen LogP contribution in [0.25, 0.3) is 0 Å². The summed E-state index contributed by atoms with van der Waals surface area (Å²) in [6, 6.07) is 7.37. The van der Waals surface area contributed by atoms with Crippen LogP contribution in [-0.2, 0) is 4.79 Å². The Kier molecular flexibility index (Phi) is 5.43. The van der Waals surface area contributed by atoms with Gasteiger partial charge in [-0.2, -0.15) is 5.10 Å². The van der Waals surface area contributed by atoms with Crippen molar-refractivity contribution in [2.24, 2.45) is 5.10 Å². The predicted molar refractivity (Wildman–Crippen MR) is 82.6 cm³/mol. The van der Waals surface area contributed by atoms with Gasteiger partial charge in [0.25, 0.3) is 5.24 Å². The van der Waals surface area contributed by atoms with Crippen molar-refractivity contribution in [3.8, 4) is 0 Å². The van der Waals surface area contributed by atoms with E-state index in [1.54, 1.807) is 0 Å². The minimum atomic E-state index is -0.124. The van der Waals surface area contributed by atoms with Crippen LogP contribution in [0.1, 0.15) is 18.4 Å². The van der Waals surface area contributed by atoms with Crippen molar-refractivity contribution in [2.45, 2.75) is 12.8 Å². The van der Waals surface area contributed by atoms with Gasteiger partial charge in [-0.25, -0.2) is 5.43 Å². The molecular weight excluding hydrogens is 298 g/mol. The van der Waals surface area contributed by atoms with Crippen LogP contribution in [0.2, 0.25) is 0 Å². The standard InChI is InChI=1S/C13H14ClN3O2S/c14-7-8-20-13(19)15-10-3-1-9(2-4-10)11-5-6-12(18)17-16-11/h1-4H,5-8H2,(H,15,19)(H,17,18). The Bertz CT molecular complexity index is 531. The van der Waals surface area contributed by atoms with Crippen LogP contribution >= 0.6 is 23.4 Å². The van der Waals surface area contributed by atoms with E-state index in [1.165, 1.54) is 0 Å². The van der Waals surface area contributed by atoms with Gasteiger partial charge in [0.1, 0.15) is 0 Å². The van der Waals surface area contributed by atoms with Crippen LogP contribution in [0.3, 0.4) is 0 Å². The topological polar surface area (TPSA) is 70.6 Å². The van der Waals surface area contributed by atoms with Gasteiger partial charge in [0.15, 0.2) is 0 Å². The van der Waals surface area contributed by atoms with E-state index in [2.05, 4.69) is 15.8 Å². The summed E-state index contributed by atoms with van der Waals surface area (Å²) in [5.41, 5.74) is 4.97. The molecule has 1 aromatic carbocycles. The summed E-state index contributed by atoms with van der Waals surface area (Å²) in [6.07, 6.45) is 1.08. The lowest BCUT2D eigenvalue weighted by Gasteiger charge is -2.12. The van der Waals surface area contributed by atoms with Gasteiger partial charge in [-0.05, 0) is 17.7 Å². The zero-order chi connectivity index (χ0) is 14.4. The SMILES string of the molecule is O=C1CCC(c2ccc(NC(=O)SCCCl)cc2)=NN1. The summed E-state index contributed by atoms with van der Waals surface area (Å²) in [6.45, 7) is 0. The fourth-order valence-corrected chi connectivity index (χ4v) is 2.40. The molecule has 0 saturated carbocycles. The molecule has 2 rings (SSSR count). The molecule has 0 spiro atoms. The highest BCUT2D eigenvalue weighted by molar-refractivity contribution is 8.13. The summed E-state index contributed by atoms with van der Waals surface area (Å²) >= 11 is 6.67. The quantitative estimate of drug-likeness (QED) is 0.840. The van der Waals surface area contributed by atoms with E-state index in [9.17, 15) is 9.59 Å². The maximum Gasteiger partial charge on any atom is 0.283 e. The first-order valence-electron chi connectivity index (χ1n) is 6.14. The van der Waals surface area contributed by atoms with Crippen molar-refractivity contribution in [3.05, 3.63) is 29.8 Å². The van der Waals surface area contributed by atoms with E-state index in [0.29, 0.717) is 24.5 Å². The van der Waals surface area contributed by atoms with Gasteiger partial charge >= 0.3 is 0 Å². The molecule has 20 heavy (non-hydrogen) atoms. The van der Waals surface area contributed by atoms with E-state index >= 15 is 0 Å². The second-order valence-corrected chi connectivity index (χ2v) is 5.57. The fourth-order valence-electron chi connectivity index (χ4n) is 1.71. The van der Waals surface area contributed by atoms with Crippen molar-refractivity contribution in [1.82, 2.24) is 5.43 Å². The van der Waals surface area contributed by atoms with Crippen LogP contribution in [0, 0.1) is 0 Å². The van der Waals surface area contributed by atoms with Crippen molar-refractivity contribution in [2.75, 3.05) is 16.9 Å². The maximum absolute atomic E-state index is 11.5. The Morgan fingerprint density at radius 1 is 1.35 bits per heavy atom. The first-order valence-corrected chi connectivity index (χ1v) is 7.66. The Balaban J connectivity index is 1.96. The number of benzene rings is 1. The number of carbonyl (C=O) groups excluding carboxylic acids is 2. The summed E-state index contributed by atoms with van der Waals surface area (Å²) in [4.78, 5) is 22.5. The number of carbonyl (C=O) groups is 2. The van der Waals surface area contributed by atoms with E-state index in [0.717, 1.165) is 28.7 Å². The number of hydrogen-bond acceptors (Lipinski definition) is 4. The monoisotopic (exact) mass is 311 g/mol. The lowest BCUT2D eigenvalue weighted by Crippen LogP contribution is -2.25. The largest absolute Gasteiger partial charge is 0.317 e. The number of hydrogen-bond donors (Lipinski definition) is 2. The zero-order valence-electron chi connectivity index (χ0n) is 10.7. The van der Waals surface area contributed by atoms with Gasteiger partial charge in [0.2, 0.25) is 5.91 Å². The molecular formula is C13H14ClN3O2S. The van der Waals surface area contributed by atoms with E-state index in [-0.39, 0.29) is 11.1 Å². The molecule has 1 aliphatic heterocycles. The first kappa shape index (κ1) is 14.9. The zero-order valence-corrected chi connectivity index (χ0v) is 12.3. The average molecular weight is 312 g/mol. The molecule has 0 aromatic heterocycles. The summed E-state index contributed by atoms with van der Waals surface area (Å²) in [5, 5.41) is 6.67. The van der Waals surface area contributed by atoms with Crippen molar-refractivity contribution >= 4 is 45.9 Å². The van der Waals surface area contributed by atoms with Crippen LogP contribution in [0.15, 0.2) is 29.4 Å². The number of thioether (sulfide) groups is 1. The highest BCUT2D eigenvalue weighted by atomic mass is 35.5. The van der Waals surface area contributed by atoms with Crippen LogP contribution in [0.5, 0.6) is 0 Å². The molecule has 0 radical (unpaired) electrons. The molecule has 106 valence electrons. The van der Waals surface area contributed by atoms with Gasteiger partial charge in [0.05, 0.1) is 5.71 Å². The first-order chi connectivity index (χ1) is 9.69. The smallest absolute Gasteiger partial charge is 0.283 e. The van der Waals surface area contributed by atoms with E-state index in [4.69, 9.17) is 11.6 Å². The molecule has 0 fully saturated rings. The average Bonchev–Trinajstić information content (AvgIpc) is 2.47. The Hall–Kier alpha value is -1.53. The number of rotatable bonds is 4. The molecule has 0 aliphatic carbocycles. The van der Waals surface area contributed by atoms with Crippen LogP contribution < -0.4 is 10.7 Å². The van der Waals surface area contributed by atoms with Crippen molar-refractivity contribution in [3.63, 3.8) is 0 Å². The Morgan fingerprint density at radius 3 is 2.70 bits per heavy atom. The highest BCUT2D eigenvalue weighted by Gasteiger charge is 2.13. The number of hydrazone groups is 1. The number of nitrogens with zero attached hydrogens (tertiary/aromatic N) is 1. The lowest BCUT2D eigenvalue weighted by molar-refractivity contribution is -0.121. The molecule has 2 amide bonds. The van der Waals surface area contributed by atoms with Crippen molar-refractivity contribution in [1.29, 1.82) is 0 Å². The number of anilines is 1. The third kappa shape index (κ3) is 4.25. The van der Waals surface area contributed by atoms with Crippen LogP contribution in [-0.4, -0.2) is 28.5 Å². The number of amides is 2. The molecule has 5 nitrogen and oxygen atoms in total. The second-order valence-electron chi connectivity index (χ2n) is 4.12. The van der Waals surface area contributed by atoms with Crippen molar-refractivity contribution < 1.29 is 9.59 Å². The normalized spacial score (nSPS) is 14.4. The van der Waals surface area contributed by atoms with E-state index < -0.39 is 0 Å². The summed E-state index contributed by atoms with van der Waals surface area (Å²) in [5.74, 6) is 0.971. The molecule has 1 aliphatic rings. The number of nitrogens with one attached hydrogen (secondary N) is 2. The van der Waals surface area contributed by atoms with Gasteiger partial charge in [0, 0.05) is 30.2 Å². The van der Waals surface area contributed by atoms with E-state index in [1.807, 2.05) is 24.3 Å². The number of halogens is 1. The third-order valence-electron chi connectivity index (χ3n) is 2.68. The minimum Gasteiger partial charge on any atom is -0.317 e. The molecule has 2 N–H and O–H groups in total. The highest BCUT2D eigenvalue weighted by Crippen LogP contribution is 2.16. The minimum absolute atomic E-state index is 0.0612. The summed E-state index contributed by atoms with van der Waals surface area (Å²) < 4.78 is 0. The molecule has 0 saturated heterocycles. The Morgan fingerprint density at radius 2 is 2.10 bits per heavy atom. The second kappa shape index (κ2) is 7.31. The van der Waals surface area contributed by atoms with Gasteiger partial charge < -0.3 is 5.32 Å². The third-order valence-corrected chi connectivity index (χ3v) is 3.86. The molecule has 1 heterocycles. The molecule has 1 aromatic rings. The fraction of sp³-hybridized carbons (Fsp3) is 0.308.